The Bertz CT molecular complexity index is 350. The first kappa shape index (κ1) is 16.8. The van der Waals surface area contributed by atoms with Gasteiger partial charge in [-0.05, 0) is 40.5 Å². The molecule has 116 valence electrons. The van der Waals surface area contributed by atoms with Crippen molar-refractivity contribution in [1.29, 1.82) is 0 Å². The van der Waals surface area contributed by atoms with E-state index in [1.54, 1.807) is 27.7 Å². The summed E-state index contributed by atoms with van der Waals surface area (Å²) >= 11 is 0. The van der Waals surface area contributed by atoms with E-state index in [-0.39, 0.29) is 19.1 Å². The van der Waals surface area contributed by atoms with Gasteiger partial charge in [0.1, 0.15) is 5.60 Å². The lowest BCUT2D eigenvalue weighted by Gasteiger charge is -2.30. The highest BCUT2D eigenvalue weighted by Gasteiger charge is 2.37. The van der Waals surface area contributed by atoms with Gasteiger partial charge in [-0.25, -0.2) is 4.79 Å². The number of carbonyl (C=O) groups excluding carboxylic acids is 2. The number of carbonyl (C=O) groups is 2. The van der Waals surface area contributed by atoms with Crippen LogP contribution >= 0.6 is 0 Å². The van der Waals surface area contributed by atoms with Crippen molar-refractivity contribution in [2.45, 2.75) is 64.7 Å². The summed E-state index contributed by atoms with van der Waals surface area (Å²) in [6.07, 6.45) is 0.00786. The van der Waals surface area contributed by atoms with E-state index in [9.17, 15) is 14.7 Å². The van der Waals surface area contributed by atoms with Crippen LogP contribution in [0, 0.1) is 0 Å². The number of ether oxygens (including phenoxy) is 2. The van der Waals surface area contributed by atoms with Crippen molar-refractivity contribution in [2.75, 3.05) is 13.2 Å². The highest BCUT2D eigenvalue weighted by molar-refractivity contribution is 5.71. The number of aliphatic hydroxyl groups is 1. The van der Waals surface area contributed by atoms with Gasteiger partial charge in [0.15, 0.2) is 0 Å². The molecule has 0 bridgehead atoms. The fourth-order valence-corrected chi connectivity index (χ4v) is 2.27. The van der Waals surface area contributed by atoms with Crippen molar-refractivity contribution in [2.24, 2.45) is 0 Å². The van der Waals surface area contributed by atoms with Crippen LogP contribution in [0.4, 0.5) is 4.79 Å². The predicted molar refractivity (Wildman–Crippen MR) is 73.2 cm³/mol. The summed E-state index contributed by atoms with van der Waals surface area (Å²) in [7, 11) is 0. The fraction of sp³-hybridized carbons (Fsp3) is 0.857. The monoisotopic (exact) mass is 287 g/mol. The molecule has 0 spiro atoms. The molecule has 6 nitrogen and oxygen atoms in total. The highest BCUT2D eigenvalue weighted by Crippen LogP contribution is 2.24. The average Bonchev–Trinajstić information content (AvgIpc) is 2.75. The van der Waals surface area contributed by atoms with E-state index in [0.717, 1.165) is 6.42 Å². The number of esters is 1. The first-order valence-electron chi connectivity index (χ1n) is 7.08. The molecule has 20 heavy (non-hydrogen) atoms. The van der Waals surface area contributed by atoms with Crippen molar-refractivity contribution < 1.29 is 24.2 Å². The quantitative estimate of drug-likeness (QED) is 0.796. The Morgan fingerprint density at radius 3 is 2.60 bits per heavy atom. The minimum Gasteiger partial charge on any atom is -0.466 e. The lowest BCUT2D eigenvalue weighted by molar-refractivity contribution is -0.146. The van der Waals surface area contributed by atoms with Crippen molar-refractivity contribution in [3.63, 3.8) is 0 Å². The maximum atomic E-state index is 12.1. The molecule has 0 aliphatic carbocycles. The van der Waals surface area contributed by atoms with Crippen LogP contribution in [-0.4, -0.2) is 53.0 Å². The van der Waals surface area contributed by atoms with E-state index in [1.165, 1.54) is 4.90 Å². The first-order valence-corrected chi connectivity index (χ1v) is 7.08. The molecule has 6 heteroatoms. The van der Waals surface area contributed by atoms with E-state index >= 15 is 0 Å². The molecule has 0 saturated carbocycles. The summed E-state index contributed by atoms with van der Waals surface area (Å²) in [5.74, 6) is -0.448. The highest BCUT2D eigenvalue weighted by atomic mass is 16.6. The van der Waals surface area contributed by atoms with Gasteiger partial charge in [0, 0.05) is 6.54 Å². The Kier molecular flexibility index (Phi) is 5.80. The van der Waals surface area contributed by atoms with Crippen LogP contribution in [0.2, 0.25) is 0 Å². The zero-order valence-corrected chi connectivity index (χ0v) is 12.7. The summed E-state index contributed by atoms with van der Waals surface area (Å²) in [4.78, 5) is 25.0. The predicted octanol–water partition coefficient (Wildman–Crippen LogP) is 1.70. The van der Waals surface area contributed by atoms with Crippen LogP contribution in [-0.2, 0) is 14.3 Å². The summed E-state index contributed by atoms with van der Waals surface area (Å²) in [6.45, 7) is 7.93. The smallest absolute Gasteiger partial charge is 0.410 e. The Morgan fingerprint density at radius 1 is 1.40 bits per heavy atom. The molecule has 2 atom stereocenters. The number of hydrogen-bond donors (Lipinski definition) is 1. The van der Waals surface area contributed by atoms with Gasteiger partial charge >= 0.3 is 12.1 Å². The number of hydrogen-bond acceptors (Lipinski definition) is 5. The van der Waals surface area contributed by atoms with Crippen LogP contribution in [0.3, 0.4) is 0 Å². The van der Waals surface area contributed by atoms with E-state index in [1.807, 2.05) is 0 Å². The summed E-state index contributed by atoms with van der Waals surface area (Å²) in [5, 5.41) is 10.1. The van der Waals surface area contributed by atoms with Crippen LogP contribution in [0.5, 0.6) is 0 Å². The molecule has 1 unspecified atom stereocenters. The molecule has 1 aliphatic heterocycles. The fourth-order valence-electron chi connectivity index (χ4n) is 2.27. The maximum Gasteiger partial charge on any atom is 0.410 e. The Morgan fingerprint density at radius 2 is 2.05 bits per heavy atom. The van der Waals surface area contributed by atoms with Gasteiger partial charge in [-0.15, -0.1) is 0 Å². The second-order valence-electron chi connectivity index (χ2n) is 5.96. The van der Waals surface area contributed by atoms with E-state index in [4.69, 9.17) is 9.47 Å². The summed E-state index contributed by atoms with van der Waals surface area (Å²) in [5.41, 5.74) is -0.573. The first-order chi connectivity index (χ1) is 9.24. The van der Waals surface area contributed by atoms with Gasteiger partial charge in [0.25, 0.3) is 0 Å². The zero-order valence-electron chi connectivity index (χ0n) is 12.7. The molecule has 0 aromatic carbocycles. The van der Waals surface area contributed by atoms with E-state index < -0.39 is 23.8 Å². The topological polar surface area (TPSA) is 76.1 Å². The minimum atomic E-state index is -0.913. The van der Waals surface area contributed by atoms with Gasteiger partial charge in [0.05, 0.1) is 25.2 Å². The van der Waals surface area contributed by atoms with Crippen molar-refractivity contribution >= 4 is 12.1 Å². The van der Waals surface area contributed by atoms with Gasteiger partial charge in [-0.3, -0.25) is 4.79 Å². The largest absolute Gasteiger partial charge is 0.466 e. The lowest BCUT2D eigenvalue weighted by Crippen LogP contribution is -2.45. The molecule has 1 aliphatic rings. The molecular formula is C14H25NO5. The average molecular weight is 287 g/mol. The maximum absolute atomic E-state index is 12.1. The van der Waals surface area contributed by atoms with Gasteiger partial charge in [-0.2, -0.15) is 0 Å². The van der Waals surface area contributed by atoms with Crippen molar-refractivity contribution in [3.8, 4) is 0 Å². The molecule has 1 saturated heterocycles. The van der Waals surface area contributed by atoms with Crippen molar-refractivity contribution in [1.82, 2.24) is 4.90 Å². The van der Waals surface area contributed by atoms with Gasteiger partial charge < -0.3 is 19.5 Å². The lowest BCUT2D eigenvalue weighted by atomic mass is 10.1. The number of likely N-dealkylation sites (tertiary alicyclic amines) is 1. The van der Waals surface area contributed by atoms with E-state index in [2.05, 4.69) is 0 Å². The van der Waals surface area contributed by atoms with Crippen LogP contribution in [0.1, 0.15) is 47.0 Å². The van der Waals surface area contributed by atoms with Crippen LogP contribution < -0.4 is 0 Å². The number of amides is 1. The zero-order chi connectivity index (χ0) is 15.3. The van der Waals surface area contributed by atoms with E-state index in [0.29, 0.717) is 13.0 Å². The Balaban J connectivity index is 2.60. The second kappa shape index (κ2) is 6.92. The molecule has 0 aromatic rings. The molecule has 1 heterocycles. The SMILES string of the molecule is CCOC(=O)C[C@H](O)C1CCCN1C(=O)OC(C)(C)C. The Labute approximate surface area is 120 Å². The van der Waals surface area contributed by atoms with Gasteiger partial charge in [0.2, 0.25) is 0 Å². The standard InChI is InChI=1S/C14H25NO5/c1-5-19-12(17)9-11(16)10-7-6-8-15(10)13(18)20-14(2,3)4/h10-11,16H,5-9H2,1-4H3/t10?,11-/m0/s1. The second-order valence-corrected chi connectivity index (χ2v) is 5.96. The third-order valence-electron chi connectivity index (χ3n) is 3.05. The van der Waals surface area contributed by atoms with Crippen LogP contribution in [0.15, 0.2) is 0 Å². The minimum absolute atomic E-state index is 0.0994. The molecule has 1 fully saturated rings. The van der Waals surface area contributed by atoms with Gasteiger partial charge in [-0.1, -0.05) is 0 Å². The van der Waals surface area contributed by atoms with Crippen LogP contribution in [0.25, 0.3) is 0 Å². The third kappa shape index (κ3) is 5.00. The molecule has 1 rings (SSSR count). The van der Waals surface area contributed by atoms with Crippen molar-refractivity contribution in [3.05, 3.63) is 0 Å². The number of nitrogens with zero attached hydrogens (tertiary/aromatic N) is 1. The summed E-state index contributed by atoms with van der Waals surface area (Å²) < 4.78 is 10.1. The molecule has 0 radical (unpaired) electrons. The molecule has 0 aromatic heterocycles. The normalized spacial score (nSPS) is 20.6. The number of aliphatic hydroxyl groups excluding tert-OH is 1. The number of rotatable bonds is 4. The third-order valence-corrected chi connectivity index (χ3v) is 3.05. The molecule has 1 amide bonds. The molecule has 1 N–H and O–H groups in total. The molecular weight excluding hydrogens is 262 g/mol. The Hall–Kier alpha value is -1.30. The summed E-state index contributed by atoms with van der Waals surface area (Å²) in [6, 6.07) is -0.380.